The Labute approximate surface area is 140 Å². The van der Waals surface area contributed by atoms with Crippen molar-refractivity contribution in [1.82, 2.24) is 15.1 Å². The summed E-state index contributed by atoms with van der Waals surface area (Å²) in [6, 6.07) is 2.10. The van der Waals surface area contributed by atoms with E-state index in [9.17, 15) is 4.79 Å². The number of carbonyl (C=O) groups excluding carboxylic acids is 1. The number of nitrogens with one attached hydrogen (secondary N) is 1. The zero-order valence-electron chi connectivity index (χ0n) is 13.8. The highest BCUT2D eigenvalue weighted by Gasteiger charge is 2.39. The van der Waals surface area contributed by atoms with E-state index < -0.39 is 5.60 Å². The summed E-state index contributed by atoms with van der Waals surface area (Å²) >= 11 is 5.98. The van der Waals surface area contributed by atoms with E-state index in [1.54, 1.807) is 4.90 Å². The van der Waals surface area contributed by atoms with Crippen molar-refractivity contribution >= 4 is 29.2 Å². The fraction of sp³-hybridized carbons (Fsp3) is 0.667. The monoisotopic (exact) mass is 339 g/mol. The number of anilines is 2. The smallest absolute Gasteiger partial charge is 0.410 e. The first-order chi connectivity index (χ1) is 10.7. The Morgan fingerprint density at radius 2 is 2.13 bits per heavy atom. The summed E-state index contributed by atoms with van der Waals surface area (Å²) in [5, 5.41) is 11.7. The maximum absolute atomic E-state index is 12.3. The van der Waals surface area contributed by atoms with Gasteiger partial charge < -0.3 is 19.9 Å². The second-order valence-corrected chi connectivity index (χ2v) is 7.41. The van der Waals surface area contributed by atoms with E-state index in [0.29, 0.717) is 24.8 Å². The van der Waals surface area contributed by atoms with Gasteiger partial charge >= 0.3 is 6.09 Å². The Kier molecular flexibility index (Phi) is 4.00. The predicted octanol–water partition coefficient (Wildman–Crippen LogP) is 2.37. The standard InChI is InChI=1S/C15H22ClN5O2/c1-9-11-8-20(14(22)23-15(2,3)4)5-6-21(11)10-7-12(16)18-19-13(10)17-9/h7,9,11H,5-6,8H2,1-4H3,(H,17,19)/t9-,11+/m0/s1. The number of hydrogen-bond donors (Lipinski definition) is 1. The van der Waals surface area contributed by atoms with E-state index >= 15 is 0 Å². The molecule has 0 aromatic carbocycles. The fourth-order valence-electron chi connectivity index (χ4n) is 3.02. The van der Waals surface area contributed by atoms with Gasteiger partial charge in [0.15, 0.2) is 11.0 Å². The number of halogens is 1. The van der Waals surface area contributed by atoms with Crippen LogP contribution in [0.4, 0.5) is 16.3 Å². The number of aromatic nitrogens is 2. The van der Waals surface area contributed by atoms with Crippen molar-refractivity contribution in [2.75, 3.05) is 29.9 Å². The molecule has 0 aliphatic carbocycles. The third-order valence-electron chi connectivity index (χ3n) is 4.07. The number of rotatable bonds is 0. The molecule has 8 heteroatoms. The molecule has 2 aliphatic rings. The highest BCUT2D eigenvalue weighted by Crippen LogP contribution is 2.35. The SMILES string of the molecule is C[C@@H]1Nc2nnc(Cl)cc2N2CCN(C(=O)OC(C)(C)C)C[C@H]12. The van der Waals surface area contributed by atoms with Crippen LogP contribution in [0, 0.1) is 0 Å². The minimum absolute atomic E-state index is 0.142. The summed E-state index contributed by atoms with van der Waals surface area (Å²) in [6.45, 7) is 9.63. The van der Waals surface area contributed by atoms with Gasteiger partial charge in [0.25, 0.3) is 0 Å². The van der Waals surface area contributed by atoms with Crippen LogP contribution < -0.4 is 10.2 Å². The summed E-state index contributed by atoms with van der Waals surface area (Å²) < 4.78 is 5.49. The van der Waals surface area contributed by atoms with Gasteiger partial charge in [0, 0.05) is 31.7 Å². The lowest BCUT2D eigenvalue weighted by Gasteiger charge is -2.48. The molecule has 0 radical (unpaired) electrons. The fourth-order valence-corrected chi connectivity index (χ4v) is 3.16. The highest BCUT2D eigenvalue weighted by molar-refractivity contribution is 6.29. The van der Waals surface area contributed by atoms with Crippen LogP contribution in [0.2, 0.25) is 5.15 Å². The molecule has 7 nitrogen and oxygen atoms in total. The number of amides is 1. The molecule has 0 bridgehead atoms. The van der Waals surface area contributed by atoms with Gasteiger partial charge in [-0.3, -0.25) is 0 Å². The summed E-state index contributed by atoms with van der Waals surface area (Å²) in [7, 11) is 0. The topological polar surface area (TPSA) is 70.6 Å². The zero-order chi connectivity index (χ0) is 16.8. The minimum atomic E-state index is -0.486. The van der Waals surface area contributed by atoms with Crippen LogP contribution in [0.15, 0.2) is 6.07 Å². The maximum atomic E-state index is 12.3. The zero-order valence-corrected chi connectivity index (χ0v) is 14.6. The predicted molar refractivity (Wildman–Crippen MR) is 89.1 cm³/mol. The molecule has 1 saturated heterocycles. The molecule has 126 valence electrons. The first kappa shape index (κ1) is 16.1. The van der Waals surface area contributed by atoms with Gasteiger partial charge in [0.05, 0.1) is 11.7 Å². The van der Waals surface area contributed by atoms with E-state index in [-0.39, 0.29) is 18.2 Å². The second-order valence-electron chi connectivity index (χ2n) is 7.02. The molecule has 1 N–H and O–H groups in total. The summed E-state index contributed by atoms with van der Waals surface area (Å²) in [4.78, 5) is 16.3. The number of piperazine rings is 1. The Bertz CT molecular complexity index is 618. The molecule has 2 aliphatic heterocycles. The molecule has 1 aromatic heterocycles. The molecule has 3 heterocycles. The molecule has 23 heavy (non-hydrogen) atoms. The third-order valence-corrected chi connectivity index (χ3v) is 4.25. The van der Waals surface area contributed by atoms with Crippen LogP contribution in [-0.2, 0) is 4.74 Å². The van der Waals surface area contributed by atoms with Gasteiger partial charge in [-0.25, -0.2) is 4.79 Å². The van der Waals surface area contributed by atoms with Gasteiger partial charge in [-0.1, -0.05) is 11.6 Å². The van der Waals surface area contributed by atoms with Crippen LogP contribution in [0.5, 0.6) is 0 Å². The number of hydrogen-bond acceptors (Lipinski definition) is 6. The average molecular weight is 340 g/mol. The molecular formula is C15H22ClN5O2. The number of ether oxygens (including phenoxy) is 1. The lowest BCUT2D eigenvalue weighted by Crippen LogP contribution is -2.62. The molecule has 1 amide bonds. The van der Waals surface area contributed by atoms with Crippen LogP contribution in [0.25, 0.3) is 0 Å². The van der Waals surface area contributed by atoms with Crippen LogP contribution in [-0.4, -0.2) is 58.5 Å². The molecule has 1 aromatic rings. The Morgan fingerprint density at radius 1 is 1.39 bits per heavy atom. The van der Waals surface area contributed by atoms with Gasteiger partial charge in [-0.05, 0) is 27.7 Å². The number of carbonyl (C=O) groups is 1. The first-order valence-electron chi connectivity index (χ1n) is 7.79. The molecule has 2 atom stereocenters. The van der Waals surface area contributed by atoms with Crippen LogP contribution >= 0.6 is 11.6 Å². The van der Waals surface area contributed by atoms with Crippen molar-refractivity contribution < 1.29 is 9.53 Å². The largest absolute Gasteiger partial charge is 0.444 e. The van der Waals surface area contributed by atoms with Crippen molar-refractivity contribution in [1.29, 1.82) is 0 Å². The van der Waals surface area contributed by atoms with E-state index in [1.165, 1.54) is 0 Å². The molecule has 0 saturated carbocycles. The Hall–Kier alpha value is -1.76. The van der Waals surface area contributed by atoms with Crippen molar-refractivity contribution in [3.8, 4) is 0 Å². The van der Waals surface area contributed by atoms with Gasteiger partial charge in [0.1, 0.15) is 5.60 Å². The molecule has 0 spiro atoms. The molecule has 0 unspecified atom stereocenters. The van der Waals surface area contributed by atoms with Crippen molar-refractivity contribution in [3.05, 3.63) is 11.2 Å². The highest BCUT2D eigenvalue weighted by atomic mass is 35.5. The Morgan fingerprint density at radius 3 is 2.83 bits per heavy atom. The normalized spacial score (nSPS) is 23.7. The van der Waals surface area contributed by atoms with E-state index in [1.807, 2.05) is 26.8 Å². The minimum Gasteiger partial charge on any atom is -0.444 e. The van der Waals surface area contributed by atoms with E-state index in [4.69, 9.17) is 16.3 Å². The van der Waals surface area contributed by atoms with E-state index in [0.717, 1.165) is 11.5 Å². The summed E-state index contributed by atoms with van der Waals surface area (Å²) in [6.07, 6.45) is -0.263. The van der Waals surface area contributed by atoms with Crippen LogP contribution in [0.3, 0.4) is 0 Å². The second kappa shape index (κ2) is 5.70. The van der Waals surface area contributed by atoms with Crippen molar-refractivity contribution in [3.63, 3.8) is 0 Å². The van der Waals surface area contributed by atoms with Gasteiger partial charge in [-0.15, -0.1) is 10.2 Å². The van der Waals surface area contributed by atoms with Crippen molar-refractivity contribution in [2.45, 2.75) is 45.4 Å². The Balaban J connectivity index is 1.78. The van der Waals surface area contributed by atoms with Gasteiger partial charge in [-0.2, -0.15) is 0 Å². The lowest BCUT2D eigenvalue weighted by molar-refractivity contribution is 0.0210. The van der Waals surface area contributed by atoms with Crippen LogP contribution in [0.1, 0.15) is 27.7 Å². The first-order valence-corrected chi connectivity index (χ1v) is 8.17. The molecule has 3 rings (SSSR count). The quantitative estimate of drug-likeness (QED) is 0.782. The summed E-state index contributed by atoms with van der Waals surface area (Å²) in [5.74, 6) is 0.740. The van der Waals surface area contributed by atoms with Gasteiger partial charge in [0.2, 0.25) is 0 Å². The van der Waals surface area contributed by atoms with E-state index in [2.05, 4.69) is 27.3 Å². The lowest BCUT2D eigenvalue weighted by atomic mass is 10.0. The third kappa shape index (κ3) is 3.29. The average Bonchev–Trinajstić information content (AvgIpc) is 2.46. The summed E-state index contributed by atoms with van der Waals surface area (Å²) in [5.41, 5.74) is 0.456. The maximum Gasteiger partial charge on any atom is 0.410 e. The number of fused-ring (bicyclic) bond motifs is 3. The number of nitrogens with zero attached hydrogens (tertiary/aromatic N) is 4. The van der Waals surface area contributed by atoms with Crippen molar-refractivity contribution in [2.24, 2.45) is 0 Å². The molecule has 1 fully saturated rings. The molecular weight excluding hydrogens is 318 g/mol.